The van der Waals surface area contributed by atoms with Gasteiger partial charge in [-0.2, -0.15) is 0 Å². The lowest BCUT2D eigenvalue weighted by Crippen LogP contribution is -2.13. The Hall–Kier alpha value is -2.07. The minimum absolute atomic E-state index is 0.113. The molecule has 98 valence electrons. The smallest absolute Gasteiger partial charge is 0.224 e. The summed E-state index contributed by atoms with van der Waals surface area (Å²) >= 11 is 5.94. The van der Waals surface area contributed by atoms with E-state index < -0.39 is 0 Å². The molecule has 0 aliphatic carbocycles. The van der Waals surface area contributed by atoms with Crippen LogP contribution >= 0.6 is 11.6 Å². The van der Waals surface area contributed by atoms with E-state index in [1.165, 1.54) is 6.20 Å². The second kappa shape index (κ2) is 6.20. The minimum atomic E-state index is -0.113. The van der Waals surface area contributed by atoms with Crippen LogP contribution in [0.3, 0.4) is 0 Å². The minimum Gasteiger partial charge on any atom is -0.399 e. The highest BCUT2D eigenvalue weighted by Crippen LogP contribution is 2.19. The highest BCUT2D eigenvalue weighted by molar-refractivity contribution is 6.33. The largest absolute Gasteiger partial charge is 0.399 e. The van der Waals surface area contributed by atoms with E-state index in [-0.39, 0.29) is 5.91 Å². The topological polar surface area (TPSA) is 68.0 Å². The number of amides is 1. The summed E-state index contributed by atoms with van der Waals surface area (Å²) in [6.07, 6.45) is 4.04. The molecule has 0 saturated heterocycles. The molecule has 1 aromatic heterocycles. The van der Waals surface area contributed by atoms with Crippen molar-refractivity contribution in [1.29, 1.82) is 0 Å². The van der Waals surface area contributed by atoms with Crippen LogP contribution in [0.2, 0.25) is 5.02 Å². The van der Waals surface area contributed by atoms with Crippen molar-refractivity contribution in [1.82, 2.24) is 4.98 Å². The van der Waals surface area contributed by atoms with Gasteiger partial charge >= 0.3 is 0 Å². The molecule has 0 bridgehead atoms. The van der Waals surface area contributed by atoms with Crippen LogP contribution in [0.15, 0.2) is 42.7 Å². The summed E-state index contributed by atoms with van der Waals surface area (Å²) < 4.78 is 0. The predicted octanol–water partition coefficient (Wildman–Crippen LogP) is 2.89. The summed E-state index contributed by atoms with van der Waals surface area (Å²) in [5, 5.41) is 3.20. The van der Waals surface area contributed by atoms with Crippen LogP contribution in [0.1, 0.15) is 12.0 Å². The van der Waals surface area contributed by atoms with Gasteiger partial charge in [-0.15, -0.1) is 0 Å². The number of aryl methyl sites for hydroxylation is 1. The lowest BCUT2D eigenvalue weighted by Gasteiger charge is -2.07. The Balaban J connectivity index is 1.92. The van der Waals surface area contributed by atoms with Crippen LogP contribution < -0.4 is 11.1 Å². The quantitative estimate of drug-likeness (QED) is 0.843. The van der Waals surface area contributed by atoms with Crippen molar-refractivity contribution < 1.29 is 4.79 Å². The number of carbonyl (C=O) groups excluding carboxylic acids is 1. The van der Waals surface area contributed by atoms with E-state index in [1.54, 1.807) is 12.3 Å². The zero-order valence-corrected chi connectivity index (χ0v) is 11.0. The lowest BCUT2D eigenvalue weighted by molar-refractivity contribution is -0.116. The number of rotatable bonds is 4. The monoisotopic (exact) mass is 275 g/mol. The Bertz CT molecular complexity index is 586. The molecule has 5 heteroatoms. The molecule has 0 fully saturated rings. The molecule has 0 unspecified atom stereocenters. The van der Waals surface area contributed by atoms with Gasteiger partial charge in [0, 0.05) is 18.3 Å². The van der Waals surface area contributed by atoms with Crippen LogP contribution in [-0.2, 0) is 11.2 Å². The van der Waals surface area contributed by atoms with Crippen LogP contribution in [0.25, 0.3) is 0 Å². The van der Waals surface area contributed by atoms with Gasteiger partial charge in [0.05, 0.1) is 16.9 Å². The van der Waals surface area contributed by atoms with Gasteiger partial charge in [0.2, 0.25) is 5.91 Å². The number of hydrogen-bond acceptors (Lipinski definition) is 3. The Morgan fingerprint density at radius 1 is 1.32 bits per heavy atom. The number of nitrogens with zero attached hydrogens (tertiary/aromatic N) is 1. The number of aromatic nitrogens is 1. The van der Waals surface area contributed by atoms with Gasteiger partial charge in [-0.05, 0) is 24.1 Å². The van der Waals surface area contributed by atoms with Crippen molar-refractivity contribution in [2.24, 2.45) is 0 Å². The van der Waals surface area contributed by atoms with Gasteiger partial charge in [0.1, 0.15) is 0 Å². The van der Waals surface area contributed by atoms with Gasteiger partial charge in [-0.25, -0.2) is 0 Å². The SMILES string of the molecule is Nc1ccccc1CCC(=O)Nc1cnccc1Cl. The molecule has 3 N–H and O–H groups in total. The molecule has 1 aromatic carbocycles. The highest BCUT2D eigenvalue weighted by atomic mass is 35.5. The fourth-order valence-corrected chi connectivity index (χ4v) is 1.84. The predicted molar refractivity (Wildman–Crippen MR) is 77.1 cm³/mol. The number of carbonyl (C=O) groups is 1. The number of para-hydroxylation sites is 1. The normalized spacial score (nSPS) is 10.2. The lowest BCUT2D eigenvalue weighted by atomic mass is 10.1. The van der Waals surface area contributed by atoms with Crippen molar-refractivity contribution in [3.8, 4) is 0 Å². The van der Waals surface area contributed by atoms with Gasteiger partial charge in [-0.3, -0.25) is 9.78 Å². The number of halogens is 1. The molecule has 0 atom stereocenters. The van der Waals surface area contributed by atoms with Gasteiger partial charge in [0.15, 0.2) is 0 Å². The van der Waals surface area contributed by atoms with E-state index in [9.17, 15) is 4.79 Å². The van der Waals surface area contributed by atoms with Crippen molar-refractivity contribution in [3.05, 3.63) is 53.3 Å². The average molecular weight is 276 g/mol. The van der Waals surface area contributed by atoms with E-state index in [2.05, 4.69) is 10.3 Å². The van der Waals surface area contributed by atoms with Crippen LogP contribution in [0, 0.1) is 0 Å². The van der Waals surface area contributed by atoms with E-state index >= 15 is 0 Å². The second-order valence-corrected chi connectivity index (χ2v) is 4.51. The van der Waals surface area contributed by atoms with Gasteiger partial charge in [-0.1, -0.05) is 29.8 Å². The molecule has 2 aromatic rings. The van der Waals surface area contributed by atoms with Gasteiger partial charge < -0.3 is 11.1 Å². The number of hydrogen-bond donors (Lipinski definition) is 2. The summed E-state index contributed by atoms with van der Waals surface area (Å²) in [6, 6.07) is 9.15. The number of anilines is 2. The first-order valence-electron chi connectivity index (χ1n) is 5.89. The number of nitrogens with two attached hydrogens (primary N) is 1. The molecule has 0 radical (unpaired) electrons. The molecule has 0 spiro atoms. The zero-order chi connectivity index (χ0) is 13.7. The Kier molecular flexibility index (Phi) is 4.36. The van der Waals surface area contributed by atoms with Crippen molar-refractivity contribution in [2.45, 2.75) is 12.8 Å². The third kappa shape index (κ3) is 3.69. The summed E-state index contributed by atoms with van der Waals surface area (Å²) in [4.78, 5) is 15.7. The molecular formula is C14H14ClN3O. The molecular weight excluding hydrogens is 262 g/mol. The van der Waals surface area contributed by atoms with Crippen LogP contribution in [0.5, 0.6) is 0 Å². The number of benzene rings is 1. The molecule has 1 heterocycles. The molecule has 0 aliphatic rings. The van der Waals surface area contributed by atoms with E-state index in [1.807, 2.05) is 24.3 Å². The molecule has 0 aliphatic heterocycles. The first-order valence-corrected chi connectivity index (χ1v) is 6.27. The summed E-state index contributed by atoms with van der Waals surface area (Å²) in [5.74, 6) is -0.113. The third-order valence-electron chi connectivity index (χ3n) is 2.72. The first kappa shape index (κ1) is 13.4. The molecule has 19 heavy (non-hydrogen) atoms. The maximum Gasteiger partial charge on any atom is 0.224 e. The molecule has 4 nitrogen and oxygen atoms in total. The fourth-order valence-electron chi connectivity index (χ4n) is 1.69. The summed E-state index contributed by atoms with van der Waals surface area (Å²) in [7, 11) is 0. The van der Waals surface area contributed by atoms with Crippen molar-refractivity contribution in [3.63, 3.8) is 0 Å². The van der Waals surface area contributed by atoms with Crippen molar-refractivity contribution in [2.75, 3.05) is 11.1 Å². The third-order valence-corrected chi connectivity index (χ3v) is 3.05. The van der Waals surface area contributed by atoms with E-state index in [4.69, 9.17) is 17.3 Å². The number of nitrogens with one attached hydrogen (secondary N) is 1. The standard InChI is InChI=1S/C14H14ClN3O/c15-11-7-8-17-9-13(11)18-14(19)6-5-10-3-1-2-4-12(10)16/h1-4,7-9H,5-6,16H2,(H,18,19). The Morgan fingerprint density at radius 3 is 2.84 bits per heavy atom. The molecule has 1 amide bonds. The second-order valence-electron chi connectivity index (χ2n) is 4.10. The molecule has 2 rings (SSSR count). The fraction of sp³-hybridized carbons (Fsp3) is 0.143. The van der Waals surface area contributed by atoms with Crippen LogP contribution in [0.4, 0.5) is 11.4 Å². The highest BCUT2D eigenvalue weighted by Gasteiger charge is 2.07. The first-order chi connectivity index (χ1) is 9.16. The van der Waals surface area contributed by atoms with Gasteiger partial charge in [0.25, 0.3) is 0 Å². The maximum absolute atomic E-state index is 11.8. The summed E-state index contributed by atoms with van der Waals surface area (Å²) in [6.45, 7) is 0. The number of nitrogen functional groups attached to an aromatic ring is 1. The maximum atomic E-state index is 11.8. The van der Waals surface area contributed by atoms with E-state index in [0.29, 0.717) is 29.2 Å². The van der Waals surface area contributed by atoms with E-state index in [0.717, 1.165) is 5.56 Å². The molecule has 0 saturated carbocycles. The number of pyridine rings is 1. The Labute approximate surface area is 116 Å². The zero-order valence-electron chi connectivity index (χ0n) is 10.3. The average Bonchev–Trinajstić information content (AvgIpc) is 2.40. The Morgan fingerprint density at radius 2 is 2.11 bits per heavy atom. The van der Waals surface area contributed by atoms with Crippen LogP contribution in [-0.4, -0.2) is 10.9 Å². The summed E-state index contributed by atoms with van der Waals surface area (Å²) in [5.41, 5.74) is 8.01. The van der Waals surface area contributed by atoms with Crippen molar-refractivity contribution >= 4 is 28.9 Å².